The molecule has 226 valence electrons. The molecule has 0 spiro atoms. The smallest absolute Gasteiger partial charge is 0.367 e. The molecule has 2 fully saturated rings. The fourth-order valence-electron chi connectivity index (χ4n) is 5.93. The first kappa shape index (κ1) is 30.9. The summed E-state index contributed by atoms with van der Waals surface area (Å²) in [6.45, 7) is 3.06. The van der Waals surface area contributed by atoms with Crippen LogP contribution in [0.5, 0.6) is 0 Å². The molecule has 2 heterocycles. The molecule has 2 unspecified atom stereocenters. The number of urea groups is 1. The standard InChI is InChI=1S/C31H29Cl2F4N5O/c1-39(17-20-6-8-24(27(34)14-20)31(35,36)37)29-19-42(18-23(29)21-7-9-25(32)26(33)15-21)30(43)41-12-10-40(11-13-41)28-5-3-2-4-22(28)16-38/h2-9,14-15,23,29H,10-13,17-19H2,1H3. The minimum atomic E-state index is -4.77. The number of hydrogen-bond donors (Lipinski definition) is 0. The minimum Gasteiger partial charge on any atom is -0.367 e. The van der Waals surface area contributed by atoms with E-state index in [0.717, 1.165) is 23.4 Å². The van der Waals surface area contributed by atoms with Gasteiger partial charge in [-0.15, -0.1) is 0 Å². The monoisotopic (exact) mass is 633 g/mol. The van der Waals surface area contributed by atoms with Gasteiger partial charge in [0.15, 0.2) is 0 Å². The molecule has 2 amide bonds. The van der Waals surface area contributed by atoms with Crippen molar-refractivity contribution in [2.75, 3.05) is 51.2 Å². The fraction of sp³-hybridized carbons (Fsp3) is 0.355. The molecule has 12 heteroatoms. The molecule has 2 atom stereocenters. The van der Waals surface area contributed by atoms with Gasteiger partial charge < -0.3 is 14.7 Å². The zero-order valence-corrected chi connectivity index (χ0v) is 24.8. The molecule has 3 aromatic rings. The Morgan fingerprint density at radius 3 is 2.35 bits per heavy atom. The van der Waals surface area contributed by atoms with Gasteiger partial charge >= 0.3 is 12.2 Å². The van der Waals surface area contributed by atoms with Crippen LogP contribution in [-0.4, -0.2) is 73.1 Å². The van der Waals surface area contributed by atoms with Crippen LogP contribution in [0, 0.1) is 17.1 Å². The summed E-state index contributed by atoms with van der Waals surface area (Å²) in [5.41, 5.74) is 1.39. The van der Waals surface area contributed by atoms with Crippen molar-refractivity contribution < 1.29 is 22.4 Å². The number of carbonyl (C=O) groups excluding carboxylic acids is 1. The Morgan fingerprint density at radius 2 is 1.70 bits per heavy atom. The van der Waals surface area contributed by atoms with E-state index in [9.17, 15) is 27.6 Å². The number of rotatable bonds is 5. The van der Waals surface area contributed by atoms with Crippen LogP contribution in [0.4, 0.5) is 28.0 Å². The number of likely N-dealkylation sites (tertiary alicyclic amines) is 1. The number of piperazine rings is 1. The lowest BCUT2D eigenvalue weighted by atomic mass is 9.93. The quantitative estimate of drug-likeness (QED) is 0.288. The van der Waals surface area contributed by atoms with Crippen LogP contribution in [0.3, 0.4) is 0 Å². The van der Waals surface area contributed by atoms with Gasteiger partial charge in [0.25, 0.3) is 0 Å². The van der Waals surface area contributed by atoms with Crippen LogP contribution in [0.25, 0.3) is 0 Å². The maximum atomic E-state index is 14.3. The van der Waals surface area contributed by atoms with Crippen LogP contribution in [0.1, 0.15) is 28.2 Å². The average molecular weight is 635 g/mol. The molecular formula is C31H29Cl2F4N5O. The summed E-state index contributed by atoms with van der Waals surface area (Å²) < 4.78 is 53.5. The fourth-order valence-corrected chi connectivity index (χ4v) is 6.24. The Labute approximate surface area is 257 Å². The Bertz CT molecular complexity index is 1540. The van der Waals surface area contributed by atoms with Crippen molar-refractivity contribution in [2.45, 2.75) is 24.7 Å². The second-order valence-corrected chi connectivity index (χ2v) is 11.7. The van der Waals surface area contributed by atoms with Crippen molar-refractivity contribution in [3.8, 4) is 6.07 Å². The number of amides is 2. The Morgan fingerprint density at radius 1 is 0.977 bits per heavy atom. The molecule has 0 aromatic heterocycles. The van der Waals surface area contributed by atoms with Gasteiger partial charge in [0.2, 0.25) is 0 Å². The lowest BCUT2D eigenvalue weighted by molar-refractivity contribution is -0.140. The lowest BCUT2D eigenvalue weighted by Gasteiger charge is -2.38. The van der Waals surface area contributed by atoms with Gasteiger partial charge in [0, 0.05) is 57.8 Å². The molecule has 6 nitrogen and oxygen atoms in total. The number of likely N-dealkylation sites (N-methyl/N-ethyl adjacent to an activating group) is 1. The maximum Gasteiger partial charge on any atom is 0.419 e. The number of nitriles is 1. The predicted octanol–water partition coefficient (Wildman–Crippen LogP) is 6.86. The molecule has 0 bridgehead atoms. The summed E-state index contributed by atoms with van der Waals surface area (Å²) in [5, 5.41) is 10.3. The highest BCUT2D eigenvalue weighted by molar-refractivity contribution is 6.42. The second-order valence-electron chi connectivity index (χ2n) is 10.9. The third kappa shape index (κ3) is 6.69. The number of hydrogen-bond acceptors (Lipinski definition) is 4. The van der Waals surface area contributed by atoms with Crippen LogP contribution < -0.4 is 4.90 Å². The highest BCUT2D eigenvalue weighted by Crippen LogP contribution is 2.36. The number of alkyl halides is 3. The SMILES string of the molecule is CN(Cc1ccc(C(F)(F)F)c(F)c1)C1CN(C(=O)N2CCN(c3ccccc3C#N)CC2)CC1c1ccc(Cl)c(Cl)c1. The first-order valence-corrected chi connectivity index (χ1v) is 14.5. The van der Waals surface area contributed by atoms with Crippen molar-refractivity contribution in [3.05, 3.63) is 98.8 Å². The lowest BCUT2D eigenvalue weighted by Crippen LogP contribution is -2.53. The van der Waals surface area contributed by atoms with Crippen LogP contribution in [0.2, 0.25) is 10.0 Å². The van der Waals surface area contributed by atoms with E-state index in [1.54, 1.807) is 28.0 Å². The second kappa shape index (κ2) is 12.6. The average Bonchev–Trinajstić information content (AvgIpc) is 3.43. The third-order valence-corrected chi connectivity index (χ3v) is 8.92. The van der Waals surface area contributed by atoms with E-state index in [0.29, 0.717) is 60.4 Å². The summed E-state index contributed by atoms with van der Waals surface area (Å²) in [4.78, 5) is 21.3. The largest absolute Gasteiger partial charge is 0.419 e. The van der Waals surface area contributed by atoms with Gasteiger partial charge in [-0.2, -0.15) is 18.4 Å². The number of para-hydroxylation sites is 1. The van der Waals surface area contributed by atoms with Gasteiger partial charge in [-0.05, 0) is 54.6 Å². The van der Waals surface area contributed by atoms with Crippen LogP contribution in [0.15, 0.2) is 60.7 Å². The molecule has 3 aromatic carbocycles. The van der Waals surface area contributed by atoms with Crippen LogP contribution in [-0.2, 0) is 12.7 Å². The molecule has 2 aliphatic heterocycles. The molecule has 0 aliphatic carbocycles. The molecular weight excluding hydrogens is 605 g/mol. The molecule has 5 rings (SSSR count). The Hall–Kier alpha value is -3.52. The van der Waals surface area contributed by atoms with E-state index in [4.69, 9.17) is 23.2 Å². The van der Waals surface area contributed by atoms with Crippen molar-refractivity contribution in [1.82, 2.24) is 14.7 Å². The number of nitrogens with zero attached hydrogens (tertiary/aromatic N) is 5. The highest BCUT2D eigenvalue weighted by atomic mass is 35.5. The van der Waals surface area contributed by atoms with Gasteiger partial charge in [-0.25, -0.2) is 9.18 Å². The molecule has 0 saturated carbocycles. The molecule has 0 N–H and O–H groups in total. The van der Waals surface area contributed by atoms with Gasteiger partial charge in [0.05, 0.1) is 26.9 Å². The summed E-state index contributed by atoms with van der Waals surface area (Å²) in [7, 11) is 1.81. The van der Waals surface area contributed by atoms with Crippen molar-refractivity contribution >= 4 is 34.9 Å². The van der Waals surface area contributed by atoms with E-state index < -0.39 is 17.6 Å². The van der Waals surface area contributed by atoms with E-state index in [-0.39, 0.29) is 24.5 Å². The summed E-state index contributed by atoms with van der Waals surface area (Å²) >= 11 is 12.5. The molecule has 2 saturated heterocycles. The third-order valence-electron chi connectivity index (χ3n) is 8.18. The summed E-state index contributed by atoms with van der Waals surface area (Å²) in [5.74, 6) is -1.49. The zero-order chi connectivity index (χ0) is 30.9. The zero-order valence-electron chi connectivity index (χ0n) is 23.3. The predicted molar refractivity (Wildman–Crippen MR) is 158 cm³/mol. The molecule has 2 aliphatic rings. The van der Waals surface area contributed by atoms with Gasteiger partial charge in [-0.3, -0.25) is 4.90 Å². The van der Waals surface area contributed by atoms with Gasteiger partial charge in [-0.1, -0.05) is 47.5 Å². The maximum absolute atomic E-state index is 14.3. The first-order valence-electron chi connectivity index (χ1n) is 13.7. The van der Waals surface area contributed by atoms with E-state index in [1.165, 1.54) is 6.07 Å². The van der Waals surface area contributed by atoms with Crippen LogP contribution >= 0.6 is 23.2 Å². The minimum absolute atomic E-state index is 0.116. The van der Waals surface area contributed by atoms with Crippen molar-refractivity contribution in [1.29, 1.82) is 5.26 Å². The highest BCUT2D eigenvalue weighted by Gasteiger charge is 2.41. The van der Waals surface area contributed by atoms with Crippen molar-refractivity contribution in [2.24, 2.45) is 0 Å². The summed E-state index contributed by atoms with van der Waals surface area (Å²) in [6, 6.07) is 17.5. The van der Waals surface area contributed by atoms with Crippen molar-refractivity contribution in [3.63, 3.8) is 0 Å². The topological polar surface area (TPSA) is 53.8 Å². The van der Waals surface area contributed by atoms with E-state index >= 15 is 0 Å². The van der Waals surface area contributed by atoms with E-state index in [1.807, 2.05) is 36.2 Å². The first-order chi connectivity index (χ1) is 20.5. The normalized spacial score (nSPS) is 19.2. The number of anilines is 1. The Balaban J connectivity index is 1.32. The Kier molecular flexibility index (Phi) is 9.07. The number of carbonyl (C=O) groups is 1. The van der Waals surface area contributed by atoms with Gasteiger partial charge in [0.1, 0.15) is 11.9 Å². The summed E-state index contributed by atoms with van der Waals surface area (Å²) in [6.07, 6.45) is -4.77. The van der Waals surface area contributed by atoms with E-state index in [2.05, 4.69) is 11.0 Å². The number of benzene rings is 3. The number of halogens is 6. The molecule has 43 heavy (non-hydrogen) atoms. The molecule has 0 radical (unpaired) electrons.